The molecule has 0 aliphatic heterocycles. The summed E-state index contributed by atoms with van der Waals surface area (Å²) in [6, 6.07) is 4.16. The maximum Gasteiger partial charge on any atom is 0.242 e. The maximum absolute atomic E-state index is 12.4. The van der Waals surface area contributed by atoms with Crippen molar-refractivity contribution in [1.82, 2.24) is 14.6 Å². The van der Waals surface area contributed by atoms with Crippen molar-refractivity contribution in [1.29, 1.82) is 0 Å². The summed E-state index contributed by atoms with van der Waals surface area (Å²) in [5, 5.41) is 6.98. The summed E-state index contributed by atoms with van der Waals surface area (Å²) >= 11 is 1.56. The number of hydrogen-bond acceptors (Lipinski definition) is 4. The van der Waals surface area contributed by atoms with Gasteiger partial charge in [0.25, 0.3) is 0 Å². The molecule has 7 heteroatoms. The van der Waals surface area contributed by atoms with Gasteiger partial charge in [-0.05, 0) is 48.3 Å². The van der Waals surface area contributed by atoms with Crippen LogP contribution in [0.3, 0.4) is 0 Å². The summed E-state index contributed by atoms with van der Waals surface area (Å²) in [6.07, 6.45) is 4.03. The molecule has 0 amide bonds. The highest BCUT2D eigenvalue weighted by molar-refractivity contribution is 7.89. The van der Waals surface area contributed by atoms with Crippen LogP contribution in [0.1, 0.15) is 30.1 Å². The molecule has 0 bridgehead atoms. The van der Waals surface area contributed by atoms with Crippen LogP contribution in [0.2, 0.25) is 0 Å². The number of sulfonamides is 1. The van der Waals surface area contributed by atoms with Crippen molar-refractivity contribution in [3.63, 3.8) is 0 Å². The van der Waals surface area contributed by atoms with Gasteiger partial charge in [-0.3, -0.25) is 0 Å². The minimum atomic E-state index is -3.46. The minimum absolute atomic E-state index is 0.335. The third kappa shape index (κ3) is 3.37. The lowest BCUT2D eigenvalue weighted by Crippen LogP contribution is -2.22. The van der Waals surface area contributed by atoms with Crippen LogP contribution in [0.5, 0.6) is 0 Å². The second-order valence-electron chi connectivity index (χ2n) is 5.29. The zero-order valence-corrected chi connectivity index (χ0v) is 13.5. The van der Waals surface area contributed by atoms with Crippen molar-refractivity contribution in [2.45, 2.75) is 36.9 Å². The highest BCUT2D eigenvalue weighted by Crippen LogP contribution is 2.37. The lowest BCUT2D eigenvalue weighted by Gasteiger charge is -2.05. The van der Waals surface area contributed by atoms with Crippen LogP contribution in [0.15, 0.2) is 34.0 Å². The summed E-state index contributed by atoms with van der Waals surface area (Å²) in [4.78, 5) is 0.356. The van der Waals surface area contributed by atoms with E-state index in [1.54, 1.807) is 23.6 Å². The molecular weight excluding hydrogens is 306 g/mol. The Morgan fingerprint density at radius 3 is 2.81 bits per heavy atom. The Bertz CT molecular complexity index is 701. The number of nitrogens with zero attached hydrogens (tertiary/aromatic N) is 1. The third-order valence-corrected chi connectivity index (χ3v) is 5.66. The molecule has 0 radical (unpaired) electrons. The Labute approximate surface area is 129 Å². The van der Waals surface area contributed by atoms with Crippen molar-refractivity contribution in [2.24, 2.45) is 0 Å². The predicted molar refractivity (Wildman–Crippen MR) is 83.8 cm³/mol. The van der Waals surface area contributed by atoms with E-state index in [-0.39, 0.29) is 0 Å². The van der Waals surface area contributed by atoms with Gasteiger partial charge in [-0.15, -0.1) is 0 Å². The van der Waals surface area contributed by atoms with Gasteiger partial charge in [0.05, 0.1) is 4.90 Å². The van der Waals surface area contributed by atoms with E-state index >= 15 is 0 Å². The molecule has 21 heavy (non-hydrogen) atoms. The molecule has 2 aromatic heterocycles. The van der Waals surface area contributed by atoms with Gasteiger partial charge in [-0.1, -0.05) is 0 Å². The summed E-state index contributed by atoms with van der Waals surface area (Å²) in [6.45, 7) is 1.01. The van der Waals surface area contributed by atoms with Gasteiger partial charge in [-0.2, -0.15) is 11.3 Å². The molecular formula is C14H19N3O2S2. The van der Waals surface area contributed by atoms with E-state index in [0.717, 1.165) is 24.1 Å². The molecule has 0 unspecified atom stereocenters. The fourth-order valence-electron chi connectivity index (χ4n) is 2.31. The van der Waals surface area contributed by atoms with Gasteiger partial charge in [0.15, 0.2) is 0 Å². The van der Waals surface area contributed by atoms with E-state index in [0.29, 0.717) is 24.0 Å². The van der Waals surface area contributed by atoms with Crippen molar-refractivity contribution in [3.8, 4) is 0 Å². The van der Waals surface area contributed by atoms with Crippen LogP contribution in [0.4, 0.5) is 0 Å². The molecule has 2 N–H and O–H groups in total. The van der Waals surface area contributed by atoms with Crippen LogP contribution in [-0.4, -0.2) is 20.0 Å². The highest BCUT2D eigenvalue weighted by atomic mass is 32.2. The number of thiophene rings is 1. The molecule has 1 saturated carbocycles. The van der Waals surface area contributed by atoms with Crippen LogP contribution in [0.25, 0.3) is 0 Å². The molecule has 5 nitrogen and oxygen atoms in total. The first-order valence-electron chi connectivity index (χ1n) is 6.96. The maximum atomic E-state index is 12.4. The summed E-state index contributed by atoms with van der Waals surface area (Å²) in [5.74, 6) is 0. The lowest BCUT2D eigenvalue weighted by atomic mass is 10.4. The fourth-order valence-corrected chi connectivity index (χ4v) is 4.05. The topological polar surface area (TPSA) is 63.1 Å². The second kappa shape index (κ2) is 5.92. The Hall–Kier alpha value is -1.15. The molecule has 0 spiro atoms. The Balaban J connectivity index is 1.79. The molecule has 3 rings (SSSR count). The smallest absolute Gasteiger partial charge is 0.242 e. The van der Waals surface area contributed by atoms with E-state index in [1.165, 1.54) is 0 Å². The average molecular weight is 325 g/mol. The van der Waals surface area contributed by atoms with Crippen molar-refractivity contribution in [3.05, 3.63) is 40.3 Å². The second-order valence-corrected chi connectivity index (χ2v) is 7.84. The van der Waals surface area contributed by atoms with Gasteiger partial charge < -0.3 is 9.88 Å². The third-order valence-electron chi connectivity index (χ3n) is 3.56. The SMILES string of the molecule is CNCc1cc(S(=O)(=O)NCc2ccsc2)cn1C1CC1. The average Bonchev–Trinajstić information content (AvgIpc) is 3.00. The van der Waals surface area contributed by atoms with E-state index < -0.39 is 10.0 Å². The molecule has 114 valence electrons. The van der Waals surface area contributed by atoms with Gasteiger partial charge >= 0.3 is 0 Å². The molecule has 0 saturated heterocycles. The Kier molecular flexibility index (Phi) is 4.17. The van der Waals surface area contributed by atoms with Gasteiger partial charge in [0, 0.05) is 31.0 Å². The lowest BCUT2D eigenvalue weighted by molar-refractivity contribution is 0.581. The number of hydrogen-bond donors (Lipinski definition) is 2. The standard InChI is InChI=1S/C14H19N3O2S2/c1-15-8-13-6-14(9-17(13)12-2-3-12)21(18,19)16-7-11-4-5-20-10-11/h4-6,9-10,12,15-16H,2-3,7-8H2,1H3. The number of rotatable bonds is 7. The van der Waals surface area contributed by atoms with Crippen LogP contribution < -0.4 is 10.0 Å². The molecule has 1 fully saturated rings. The van der Waals surface area contributed by atoms with Crippen molar-refractivity contribution in [2.75, 3.05) is 7.05 Å². The van der Waals surface area contributed by atoms with Gasteiger partial charge in [0.1, 0.15) is 0 Å². The molecule has 0 atom stereocenters. The van der Waals surface area contributed by atoms with Gasteiger partial charge in [-0.25, -0.2) is 13.1 Å². The Morgan fingerprint density at radius 1 is 1.38 bits per heavy atom. The van der Waals surface area contributed by atoms with Crippen molar-refractivity contribution >= 4 is 21.4 Å². The van der Waals surface area contributed by atoms with Crippen LogP contribution in [-0.2, 0) is 23.1 Å². The molecule has 2 aromatic rings. The van der Waals surface area contributed by atoms with E-state index in [1.807, 2.05) is 23.9 Å². The zero-order chi connectivity index (χ0) is 14.9. The van der Waals surface area contributed by atoms with E-state index in [2.05, 4.69) is 14.6 Å². The predicted octanol–water partition coefficient (Wildman–Crippen LogP) is 2.08. The van der Waals surface area contributed by atoms with Crippen molar-refractivity contribution < 1.29 is 8.42 Å². The first-order valence-corrected chi connectivity index (χ1v) is 9.39. The normalized spacial score (nSPS) is 15.5. The van der Waals surface area contributed by atoms with E-state index in [4.69, 9.17) is 0 Å². The minimum Gasteiger partial charge on any atom is -0.346 e. The molecule has 0 aromatic carbocycles. The highest BCUT2D eigenvalue weighted by Gasteiger charge is 2.28. The van der Waals surface area contributed by atoms with Crippen LogP contribution in [0, 0.1) is 0 Å². The number of nitrogens with one attached hydrogen (secondary N) is 2. The largest absolute Gasteiger partial charge is 0.346 e. The monoisotopic (exact) mass is 325 g/mol. The van der Waals surface area contributed by atoms with Crippen LogP contribution >= 0.6 is 11.3 Å². The first-order chi connectivity index (χ1) is 10.1. The number of aromatic nitrogens is 1. The molecule has 1 aliphatic carbocycles. The quantitative estimate of drug-likeness (QED) is 0.819. The zero-order valence-electron chi connectivity index (χ0n) is 11.9. The summed E-state index contributed by atoms with van der Waals surface area (Å²) in [7, 11) is -1.59. The summed E-state index contributed by atoms with van der Waals surface area (Å²) < 4.78 is 29.6. The van der Waals surface area contributed by atoms with E-state index in [9.17, 15) is 8.42 Å². The molecule has 2 heterocycles. The summed E-state index contributed by atoms with van der Waals surface area (Å²) in [5.41, 5.74) is 2.01. The first kappa shape index (κ1) is 14.8. The fraction of sp³-hybridized carbons (Fsp3) is 0.429. The van der Waals surface area contributed by atoms with Gasteiger partial charge in [0.2, 0.25) is 10.0 Å². The molecule has 1 aliphatic rings. The Morgan fingerprint density at radius 2 is 2.19 bits per heavy atom.